The van der Waals surface area contributed by atoms with Gasteiger partial charge in [-0.3, -0.25) is 4.79 Å². The summed E-state index contributed by atoms with van der Waals surface area (Å²) < 4.78 is 10.6. The third kappa shape index (κ3) is 3.92. The van der Waals surface area contributed by atoms with Gasteiger partial charge in [0.25, 0.3) is 5.91 Å². The van der Waals surface area contributed by atoms with Crippen molar-refractivity contribution >= 4 is 17.5 Å². The monoisotopic (exact) mass is 328 g/mol. The van der Waals surface area contributed by atoms with Gasteiger partial charge in [-0.1, -0.05) is 12.1 Å². The predicted octanol–water partition coefficient (Wildman–Crippen LogP) is 2.10. The van der Waals surface area contributed by atoms with E-state index in [1.165, 1.54) is 12.8 Å². The van der Waals surface area contributed by atoms with E-state index < -0.39 is 0 Å². The molecule has 2 heterocycles. The van der Waals surface area contributed by atoms with Crippen LogP contribution in [0.2, 0.25) is 0 Å². The molecule has 24 heavy (non-hydrogen) atoms. The number of rotatable bonds is 6. The zero-order chi connectivity index (χ0) is 16.8. The standard InChI is InChI=1S/C17H20N4O3/c1-23-13-6-2-3-7-14(13)24-12-17(22)18-15-8-9-16(20-19-15)21-10-4-5-11-21/h2-3,6-9H,4-5,10-12H2,1H3,(H,18,19,22). The first kappa shape index (κ1) is 16.0. The van der Waals surface area contributed by atoms with Crippen LogP contribution in [0.4, 0.5) is 11.6 Å². The number of ether oxygens (including phenoxy) is 2. The van der Waals surface area contributed by atoms with Gasteiger partial charge in [-0.05, 0) is 37.1 Å². The molecule has 0 unspecified atom stereocenters. The van der Waals surface area contributed by atoms with E-state index in [1.54, 1.807) is 25.3 Å². The van der Waals surface area contributed by atoms with Crippen molar-refractivity contribution in [3.8, 4) is 11.5 Å². The predicted molar refractivity (Wildman–Crippen MR) is 90.6 cm³/mol. The molecule has 1 N–H and O–H groups in total. The number of hydrogen-bond acceptors (Lipinski definition) is 6. The molecule has 1 aliphatic heterocycles. The smallest absolute Gasteiger partial charge is 0.263 e. The molecule has 1 aromatic heterocycles. The van der Waals surface area contributed by atoms with E-state index in [0.717, 1.165) is 18.9 Å². The van der Waals surface area contributed by atoms with Crippen LogP contribution in [0.25, 0.3) is 0 Å². The number of benzene rings is 1. The first-order valence-electron chi connectivity index (χ1n) is 7.90. The van der Waals surface area contributed by atoms with Crippen LogP contribution in [0, 0.1) is 0 Å². The maximum Gasteiger partial charge on any atom is 0.263 e. The molecule has 0 saturated carbocycles. The molecule has 1 amide bonds. The van der Waals surface area contributed by atoms with Crippen molar-refractivity contribution in [1.29, 1.82) is 0 Å². The van der Waals surface area contributed by atoms with Crippen molar-refractivity contribution in [3.05, 3.63) is 36.4 Å². The normalized spacial score (nSPS) is 13.6. The van der Waals surface area contributed by atoms with Gasteiger partial charge < -0.3 is 19.7 Å². The molecular weight excluding hydrogens is 308 g/mol. The molecule has 3 rings (SSSR count). The van der Waals surface area contributed by atoms with Gasteiger partial charge >= 0.3 is 0 Å². The molecule has 1 aromatic carbocycles. The molecule has 126 valence electrons. The molecule has 1 saturated heterocycles. The molecule has 1 aliphatic rings. The second-order valence-corrected chi connectivity index (χ2v) is 5.46. The number of hydrogen-bond donors (Lipinski definition) is 1. The molecule has 0 bridgehead atoms. The van der Waals surface area contributed by atoms with Crippen molar-refractivity contribution < 1.29 is 14.3 Å². The Bertz CT molecular complexity index is 684. The minimum Gasteiger partial charge on any atom is -0.493 e. The minimum atomic E-state index is -0.302. The number of amides is 1. The number of methoxy groups -OCH3 is 1. The Morgan fingerprint density at radius 2 is 1.88 bits per heavy atom. The lowest BCUT2D eigenvalue weighted by Gasteiger charge is -2.15. The van der Waals surface area contributed by atoms with Gasteiger partial charge in [0.2, 0.25) is 0 Å². The van der Waals surface area contributed by atoms with Crippen LogP contribution in [0.15, 0.2) is 36.4 Å². The third-order valence-electron chi connectivity index (χ3n) is 3.78. The van der Waals surface area contributed by atoms with Crippen LogP contribution in [-0.2, 0) is 4.79 Å². The number of anilines is 2. The van der Waals surface area contributed by atoms with Crippen LogP contribution in [0.5, 0.6) is 11.5 Å². The summed E-state index contributed by atoms with van der Waals surface area (Å²) in [5, 5.41) is 10.9. The molecule has 0 aliphatic carbocycles. The SMILES string of the molecule is COc1ccccc1OCC(=O)Nc1ccc(N2CCCC2)nn1. The Kier molecular flexibility index (Phi) is 5.10. The fourth-order valence-electron chi connectivity index (χ4n) is 2.57. The van der Waals surface area contributed by atoms with Crippen LogP contribution in [-0.4, -0.2) is 42.9 Å². The lowest BCUT2D eigenvalue weighted by atomic mass is 10.3. The molecular formula is C17H20N4O3. The first-order chi connectivity index (χ1) is 11.8. The van der Waals surface area contributed by atoms with Gasteiger partial charge in [-0.2, -0.15) is 0 Å². The quantitative estimate of drug-likeness (QED) is 0.875. The lowest BCUT2D eigenvalue weighted by Crippen LogP contribution is -2.22. The highest BCUT2D eigenvalue weighted by Crippen LogP contribution is 2.25. The second-order valence-electron chi connectivity index (χ2n) is 5.46. The molecule has 0 radical (unpaired) electrons. The minimum absolute atomic E-state index is 0.129. The Morgan fingerprint density at radius 3 is 2.54 bits per heavy atom. The molecule has 1 fully saturated rings. The van der Waals surface area contributed by atoms with E-state index in [9.17, 15) is 4.79 Å². The van der Waals surface area contributed by atoms with Crippen LogP contribution in [0.1, 0.15) is 12.8 Å². The van der Waals surface area contributed by atoms with Gasteiger partial charge in [0.1, 0.15) is 0 Å². The summed E-state index contributed by atoms with van der Waals surface area (Å²) in [6.07, 6.45) is 2.36. The Balaban J connectivity index is 1.53. The number of nitrogens with zero attached hydrogens (tertiary/aromatic N) is 3. The number of nitrogens with one attached hydrogen (secondary N) is 1. The van der Waals surface area contributed by atoms with Crippen molar-refractivity contribution in [1.82, 2.24) is 10.2 Å². The summed E-state index contributed by atoms with van der Waals surface area (Å²) in [5.41, 5.74) is 0. The fraction of sp³-hybridized carbons (Fsp3) is 0.353. The highest BCUT2D eigenvalue weighted by Gasteiger charge is 2.14. The van der Waals surface area contributed by atoms with Crippen LogP contribution >= 0.6 is 0 Å². The average molecular weight is 328 g/mol. The third-order valence-corrected chi connectivity index (χ3v) is 3.78. The van der Waals surface area contributed by atoms with E-state index in [1.807, 2.05) is 18.2 Å². The Labute approximate surface area is 140 Å². The van der Waals surface area contributed by atoms with E-state index >= 15 is 0 Å². The summed E-state index contributed by atoms with van der Waals surface area (Å²) in [6, 6.07) is 10.8. The zero-order valence-electron chi connectivity index (χ0n) is 13.6. The van der Waals surface area contributed by atoms with Crippen molar-refractivity contribution in [3.63, 3.8) is 0 Å². The number of carbonyl (C=O) groups is 1. The fourth-order valence-corrected chi connectivity index (χ4v) is 2.57. The summed E-state index contributed by atoms with van der Waals surface area (Å²) in [6.45, 7) is 1.89. The Morgan fingerprint density at radius 1 is 1.12 bits per heavy atom. The zero-order valence-corrected chi connectivity index (χ0v) is 13.6. The molecule has 0 atom stereocenters. The van der Waals surface area contributed by atoms with Crippen molar-refractivity contribution in [2.45, 2.75) is 12.8 Å². The number of para-hydroxylation sites is 2. The summed E-state index contributed by atoms with van der Waals surface area (Å²) >= 11 is 0. The highest BCUT2D eigenvalue weighted by molar-refractivity contribution is 5.90. The van der Waals surface area contributed by atoms with Crippen LogP contribution in [0.3, 0.4) is 0 Å². The summed E-state index contributed by atoms with van der Waals surface area (Å²) in [4.78, 5) is 14.2. The van der Waals surface area contributed by atoms with Gasteiger partial charge in [-0.15, -0.1) is 10.2 Å². The maximum atomic E-state index is 12.0. The highest BCUT2D eigenvalue weighted by atomic mass is 16.5. The molecule has 7 heteroatoms. The topological polar surface area (TPSA) is 76.6 Å². The first-order valence-corrected chi connectivity index (χ1v) is 7.90. The summed E-state index contributed by atoms with van der Waals surface area (Å²) in [5.74, 6) is 2.05. The van der Waals surface area contributed by atoms with Gasteiger partial charge in [0, 0.05) is 13.1 Å². The number of carbonyl (C=O) groups excluding carboxylic acids is 1. The van der Waals surface area contributed by atoms with E-state index in [-0.39, 0.29) is 12.5 Å². The lowest BCUT2D eigenvalue weighted by molar-refractivity contribution is -0.118. The van der Waals surface area contributed by atoms with Crippen LogP contribution < -0.4 is 19.7 Å². The summed E-state index contributed by atoms with van der Waals surface area (Å²) in [7, 11) is 1.56. The maximum absolute atomic E-state index is 12.0. The molecule has 7 nitrogen and oxygen atoms in total. The van der Waals surface area contributed by atoms with Gasteiger partial charge in [0.15, 0.2) is 29.7 Å². The largest absolute Gasteiger partial charge is 0.493 e. The van der Waals surface area contributed by atoms with E-state index in [0.29, 0.717) is 17.3 Å². The van der Waals surface area contributed by atoms with Crippen molar-refractivity contribution in [2.24, 2.45) is 0 Å². The second kappa shape index (κ2) is 7.63. The van der Waals surface area contributed by atoms with E-state index in [2.05, 4.69) is 20.4 Å². The molecule has 2 aromatic rings. The molecule has 0 spiro atoms. The van der Waals surface area contributed by atoms with Crippen molar-refractivity contribution in [2.75, 3.05) is 37.0 Å². The van der Waals surface area contributed by atoms with Gasteiger partial charge in [0.05, 0.1) is 7.11 Å². The average Bonchev–Trinajstić information content (AvgIpc) is 3.15. The number of aromatic nitrogens is 2. The van der Waals surface area contributed by atoms with Gasteiger partial charge in [-0.25, -0.2) is 0 Å². The van der Waals surface area contributed by atoms with E-state index in [4.69, 9.17) is 9.47 Å². The Hall–Kier alpha value is -2.83.